The normalized spacial score (nSPS) is 14.3. The van der Waals surface area contributed by atoms with Gasteiger partial charge in [-0.1, -0.05) is 60.2 Å². The Balaban J connectivity index is 1.48. The number of anilines is 1. The molecule has 5 rings (SSSR count). The van der Waals surface area contributed by atoms with E-state index in [0.29, 0.717) is 22.7 Å². The number of aryl methyl sites for hydroxylation is 1. The van der Waals surface area contributed by atoms with Crippen LogP contribution in [0.25, 0.3) is 23.1 Å². The summed E-state index contributed by atoms with van der Waals surface area (Å²) in [6, 6.07) is 28.4. The van der Waals surface area contributed by atoms with E-state index >= 15 is 0 Å². The Morgan fingerprint density at radius 3 is 2.26 bits per heavy atom. The van der Waals surface area contributed by atoms with Gasteiger partial charge in [0.1, 0.15) is 11.5 Å². The fourth-order valence-corrected chi connectivity index (χ4v) is 4.01. The molecule has 1 aliphatic rings. The van der Waals surface area contributed by atoms with E-state index < -0.39 is 0 Å². The molecule has 0 fully saturated rings. The zero-order chi connectivity index (χ0) is 24.4. The quantitative estimate of drug-likeness (QED) is 0.251. The highest BCUT2D eigenvalue weighted by atomic mass is 16.5. The molecule has 1 aromatic heterocycles. The molecular weight excluding hydrogens is 438 g/mol. The Kier molecular flexibility index (Phi) is 5.90. The first-order valence-corrected chi connectivity index (χ1v) is 11.2. The van der Waals surface area contributed by atoms with Crippen molar-refractivity contribution in [1.82, 2.24) is 0 Å². The second-order valence-corrected chi connectivity index (χ2v) is 8.24. The molecule has 5 heteroatoms. The van der Waals surface area contributed by atoms with Crippen molar-refractivity contribution in [2.24, 2.45) is 0 Å². The summed E-state index contributed by atoms with van der Waals surface area (Å²) in [4.78, 5) is 26.9. The highest BCUT2D eigenvalue weighted by molar-refractivity contribution is 6.23. The molecule has 5 nitrogen and oxygen atoms in total. The summed E-state index contributed by atoms with van der Waals surface area (Å²) in [5, 5.41) is 0. The van der Waals surface area contributed by atoms with Crippen LogP contribution in [0.5, 0.6) is 0 Å². The minimum absolute atomic E-state index is 0.118. The molecule has 0 saturated heterocycles. The molecule has 2 heterocycles. The molecule has 0 aliphatic carbocycles. The van der Waals surface area contributed by atoms with Gasteiger partial charge in [-0.25, -0.2) is 4.79 Å². The van der Waals surface area contributed by atoms with Crippen LogP contribution < -0.4 is 4.90 Å². The van der Waals surface area contributed by atoms with Crippen molar-refractivity contribution in [3.05, 3.63) is 125 Å². The van der Waals surface area contributed by atoms with Crippen LogP contribution in [-0.2, 0) is 9.53 Å². The van der Waals surface area contributed by atoms with E-state index in [1.165, 1.54) is 7.11 Å². The molecule has 0 spiro atoms. The number of furan rings is 1. The maximum absolute atomic E-state index is 13.5. The van der Waals surface area contributed by atoms with Gasteiger partial charge < -0.3 is 9.15 Å². The molecule has 0 bridgehead atoms. The number of ether oxygens (including phenoxy) is 1. The highest BCUT2D eigenvalue weighted by Crippen LogP contribution is 2.35. The molecule has 1 amide bonds. The number of benzene rings is 3. The third-order valence-electron chi connectivity index (χ3n) is 5.86. The van der Waals surface area contributed by atoms with Crippen LogP contribution in [0.1, 0.15) is 27.2 Å². The number of hydrogen-bond donors (Lipinski definition) is 0. The lowest BCUT2D eigenvalue weighted by Crippen LogP contribution is -2.24. The van der Waals surface area contributed by atoms with Crippen molar-refractivity contribution in [1.29, 1.82) is 0 Å². The molecule has 0 radical (unpaired) electrons. The molecule has 35 heavy (non-hydrogen) atoms. The van der Waals surface area contributed by atoms with Gasteiger partial charge in [-0.3, -0.25) is 9.69 Å². The van der Waals surface area contributed by atoms with Gasteiger partial charge in [0.2, 0.25) is 0 Å². The summed E-state index contributed by atoms with van der Waals surface area (Å²) in [6.07, 6.45) is 3.65. The van der Waals surface area contributed by atoms with E-state index in [-0.39, 0.29) is 11.9 Å². The smallest absolute Gasteiger partial charge is 0.337 e. The van der Waals surface area contributed by atoms with E-state index in [2.05, 4.69) is 0 Å². The molecular formula is C30H23NO4. The van der Waals surface area contributed by atoms with Gasteiger partial charge in [0.15, 0.2) is 0 Å². The van der Waals surface area contributed by atoms with E-state index in [1.807, 2.05) is 79.7 Å². The first-order valence-electron chi connectivity index (χ1n) is 11.2. The van der Waals surface area contributed by atoms with Gasteiger partial charge in [0, 0.05) is 16.8 Å². The Morgan fingerprint density at radius 1 is 0.857 bits per heavy atom. The van der Waals surface area contributed by atoms with Crippen LogP contribution in [0.2, 0.25) is 0 Å². The van der Waals surface area contributed by atoms with Crippen molar-refractivity contribution < 1.29 is 18.7 Å². The lowest BCUT2D eigenvalue weighted by molar-refractivity contribution is -0.113. The minimum atomic E-state index is -0.389. The number of nitrogens with zero attached hydrogens (tertiary/aromatic N) is 1. The summed E-state index contributed by atoms with van der Waals surface area (Å²) < 4.78 is 10.8. The van der Waals surface area contributed by atoms with Gasteiger partial charge in [-0.2, -0.15) is 0 Å². The van der Waals surface area contributed by atoms with E-state index in [9.17, 15) is 9.59 Å². The topological polar surface area (TPSA) is 59.8 Å². The van der Waals surface area contributed by atoms with E-state index in [4.69, 9.17) is 9.15 Å². The van der Waals surface area contributed by atoms with Crippen molar-refractivity contribution in [3.63, 3.8) is 0 Å². The lowest BCUT2D eigenvalue weighted by atomic mass is 10.1. The zero-order valence-electron chi connectivity index (χ0n) is 19.4. The Hall–Kier alpha value is -4.64. The average molecular weight is 462 g/mol. The Labute approximate surface area is 203 Å². The molecule has 0 atom stereocenters. The van der Waals surface area contributed by atoms with Gasteiger partial charge >= 0.3 is 5.97 Å². The molecule has 0 unspecified atom stereocenters. The number of rotatable bonds is 5. The monoisotopic (exact) mass is 461 g/mol. The molecule has 0 saturated carbocycles. The first-order chi connectivity index (χ1) is 17.0. The van der Waals surface area contributed by atoms with Crippen LogP contribution in [-0.4, -0.2) is 19.0 Å². The third kappa shape index (κ3) is 4.44. The second kappa shape index (κ2) is 9.31. The largest absolute Gasteiger partial charge is 0.465 e. The zero-order valence-corrected chi connectivity index (χ0v) is 19.4. The average Bonchev–Trinajstić information content (AvgIpc) is 3.49. The molecule has 172 valence electrons. The van der Waals surface area contributed by atoms with E-state index in [1.54, 1.807) is 35.2 Å². The lowest BCUT2D eigenvalue weighted by Gasteiger charge is -2.21. The van der Waals surface area contributed by atoms with Crippen LogP contribution in [0, 0.1) is 6.92 Å². The Morgan fingerprint density at radius 2 is 1.57 bits per heavy atom. The number of carbonyl (C=O) groups excluding carboxylic acids is 2. The first kappa shape index (κ1) is 22.2. The van der Waals surface area contributed by atoms with Crippen molar-refractivity contribution in [2.45, 2.75) is 6.92 Å². The number of carbonyl (C=O) groups is 2. The van der Waals surface area contributed by atoms with Crippen LogP contribution in [0.15, 0.2) is 107 Å². The summed E-state index contributed by atoms with van der Waals surface area (Å²) in [6.45, 7) is 2.02. The SMILES string of the molecule is COC(=O)c1ccc(-c2ccc(/C=C3\C=C(c4ccccc4)N(c4ccc(C)cc4)C3=O)o2)cc1. The van der Waals surface area contributed by atoms with Crippen LogP contribution in [0.4, 0.5) is 5.69 Å². The summed E-state index contributed by atoms with van der Waals surface area (Å²) in [5.74, 6) is 0.699. The van der Waals surface area contributed by atoms with Crippen LogP contribution >= 0.6 is 0 Å². The maximum Gasteiger partial charge on any atom is 0.337 e. The Bertz CT molecular complexity index is 1440. The molecule has 4 aromatic rings. The van der Waals surface area contributed by atoms with E-state index in [0.717, 1.165) is 28.1 Å². The number of hydrogen-bond acceptors (Lipinski definition) is 4. The summed E-state index contributed by atoms with van der Waals surface area (Å²) >= 11 is 0. The summed E-state index contributed by atoms with van der Waals surface area (Å²) in [7, 11) is 1.35. The van der Waals surface area contributed by atoms with Crippen molar-refractivity contribution >= 4 is 29.3 Å². The van der Waals surface area contributed by atoms with Gasteiger partial charge in [-0.15, -0.1) is 0 Å². The minimum Gasteiger partial charge on any atom is -0.465 e. The molecule has 0 N–H and O–H groups in total. The maximum atomic E-state index is 13.5. The second-order valence-electron chi connectivity index (χ2n) is 8.24. The van der Waals surface area contributed by atoms with Crippen molar-refractivity contribution in [2.75, 3.05) is 12.0 Å². The van der Waals surface area contributed by atoms with Crippen LogP contribution in [0.3, 0.4) is 0 Å². The number of methoxy groups -OCH3 is 1. The van der Waals surface area contributed by atoms with Gasteiger partial charge in [0.05, 0.1) is 18.4 Å². The summed E-state index contributed by atoms with van der Waals surface area (Å²) in [5.41, 5.74) is 5.53. The van der Waals surface area contributed by atoms with Gasteiger partial charge in [0.25, 0.3) is 5.91 Å². The standard InChI is InChI=1S/C30H23NO4/c1-20-8-14-25(15-9-20)31-27(21-6-4-3-5-7-21)19-24(29(31)32)18-26-16-17-28(35-26)22-10-12-23(13-11-22)30(33)34-2/h3-19H,1-2H3/b24-18+. The van der Waals surface area contributed by atoms with Crippen molar-refractivity contribution in [3.8, 4) is 11.3 Å². The number of amides is 1. The predicted octanol–water partition coefficient (Wildman–Crippen LogP) is 6.51. The highest BCUT2D eigenvalue weighted by Gasteiger charge is 2.30. The molecule has 1 aliphatic heterocycles. The fourth-order valence-electron chi connectivity index (χ4n) is 4.01. The molecule has 3 aromatic carbocycles. The third-order valence-corrected chi connectivity index (χ3v) is 5.86. The van der Waals surface area contributed by atoms with Gasteiger partial charge in [-0.05, 0) is 61.0 Å². The predicted molar refractivity (Wildman–Crippen MR) is 137 cm³/mol. The fraction of sp³-hybridized carbons (Fsp3) is 0.0667. The number of esters is 1.